The van der Waals surface area contributed by atoms with Gasteiger partial charge in [-0.1, -0.05) is 30.8 Å². The summed E-state index contributed by atoms with van der Waals surface area (Å²) in [5.41, 5.74) is 12.8. The van der Waals surface area contributed by atoms with E-state index in [-0.39, 0.29) is 11.5 Å². The van der Waals surface area contributed by atoms with Crippen LogP contribution in [0, 0.1) is 73.3 Å². The van der Waals surface area contributed by atoms with Gasteiger partial charge < -0.3 is 9.74 Å². The molecular formula is C36H36N4. The highest BCUT2D eigenvalue weighted by atomic mass is 15.3. The fourth-order valence-corrected chi connectivity index (χ4v) is 4.67. The molecule has 0 N–H and O–H groups in total. The van der Waals surface area contributed by atoms with Crippen LogP contribution in [-0.2, 0) is 0 Å². The Morgan fingerprint density at radius 3 is 1.07 bits per heavy atom. The van der Waals surface area contributed by atoms with Crippen molar-refractivity contribution in [2.45, 2.75) is 55.4 Å². The van der Waals surface area contributed by atoms with Crippen molar-refractivity contribution in [2.24, 2.45) is 0 Å². The molecule has 0 amide bonds. The van der Waals surface area contributed by atoms with Gasteiger partial charge in [-0.05, 0) is 148 Å². The lowest BCUT2D eigenvalue weighted by Crippen LogP contribution is -2.24. The smallest absolute Gasteiger partial charge is 0.270 e. The number of allylic oxidation sites excluding steroid dienone is 1. The lowest BCUT2D eigenvalue weighted by Gasteiger charge is -2.30. The summed E-state index contributed by atoms with van der Waals surface area (Å²) in [6.07, 6.45) is 0. The molecule has 0 aliphatic carbocycles. The molecule has 0 aliphatic heterocycles. The predicted octanol–water partition coefficient (Wildman–Crippen LogP) is 9.74. The number of nitriles is 1. The summed E-state index contributed by atoms with van der Waals surface area (Å²) in [5.74, 6) is 0.241. The largest absolute Gasteiger partial charge is 0.361 e. The summed E-state index contributed by atoms with van der Waals surface area (Å²) >= 11 is 0. The molecule has 0 saturated carbocycles. The number of rotatable bonds is 6. The van der Waals surface area contributed by atoms with Crippen molar-refractivity contribution < 1.29 is 0 Å². The highest BCUT2D eigenvalue weighted by Gasteiger charge is 2.27. The van der Waals surface area contributed by atoms with E-state index in [0.717, 1.165) is 45.0 Å². The molecule has 4 rings (SSSR count). The summed E-state index contributed by atoms with van der Waals surface area (Å²) in [4.78, 5) is 7.89. The minimum absolute atomic E-state index is 0.241. The number of hydrogen-bond acceptors (Lipinski definition) is 3. The Balaban J connectivity index is 2.09. The minimum Gasteiger partial charge on any atom is -0.361 e. The Labute approximate surface area is 239 Å². The van der Waals surface area contributed by atoms with Gasteiger partial charge in [0, 0.05) is 11.4 Å². The van der Waals surface area contributed by atoms with E-state index in [9.17, 15) is 5.26 Å². The van der Waals surface area contributed by atoms with Gasteiger partial charge in [0.2, 0.25) is 0 Å². The summed E-state index contributed by atoms with van der Waals surface area (Å²) in [6, 6.07) is 27.1. The lowest BCUT2D eigenvalue weighted by molar-refractivity contribution is 1.10. The zero-order chi connectivity index (χ0) is 29.1. The molecular weight excluding hydrogens is 488 g/mol. The number of anilines is 4. The molecule has 200 valence electrons. The zero-order valence-electron chi connectivity index (χ0n) is 24.7. The van der Waals surface area contributed by atoms with E-state index in [0.29, 0.717) is 0 Å². The van der Waals surface area contributed by atoms with Gasteiger partial charge in [0.25, 0.3) is 5.82 Å². The van der Waals surface area contributed by atoms with Crippen molar-refractivity contribution in [3.8, 4) is 6.07 Å². The average molecular weight is 525 g/mol. The van der Waals surface area contributed by atoms with E-state index >= 15 is 0 Å². The third-order valence-electron chi connectivity index (χ3n) is 7.85. The molecule has 0 aliphatic rings. The van der Waals surface area contributed by atoms with Crippen LogP contribution < -0.4 is 9.80 Å². The molecule has 0 fully saturated rings. The first-order valence-electron chi connectivity index (χ1n) is 13.5. The van der Waals surface area contributed by atoms with E-state index in [1.165, 1.54) is 22.3 Å². The number of hydrogen-bond donors (Lipinski definition) is 0. The molecule has 0 atom stereocenters. The van der Waals surface area contributed by atoms with E-state index in [4.69, 9.17) is 6.57 Å². The van der Waals surface area contributed by atoms with Gasteiger partial charge >= 0.3 is 0 Å². The van der Waals surface area contributed by atoms with Gasteiger partial charge in [-0.25, -0.2) is 0 Å². The highest BCUT2D eigenvalue weighted by Crippen LogP contribution is 2.39. The van der Waals surface area contributed by atoms with Crippen LogP contribution in [0.15, 0.2) is 84.3 Å². The van der Waals surface area contributed by atoms with Crippen LogP contribution in [0.1, 0.15) is 44.5 Å². The van der Waals surface area contributed by atoms with Crippen molar-refractivity contribution in [3.63, 3.8) is 0 Å². The topological polar surface area (TPSA) is 34.6 Å². The van der Waals surface area contributed by atoms with Gasteiger partial charge in [0.1, 0.15) is 23.1 Å². The minimum atomic E-state index is 0.241. The molecule has 4 heteroatoms. The fourth-order valence-electron chi connectivity index (χ4n) is 4.67. The number of aryl methyl sites for hydroxylation is 8. The van der Waals surface area contributed by atoms with Crippen LogP contribution in [0.4, 0.5) is 22.7 Å². The number of nitrogens with zero attached hydrogens (tertiary/aromatic N) is 4. The van der Waals surface area contributed by atoms with E-state index < -0.39 is 0 Å². The second-order valence-electron chi connectivity index (χ2n) is 10.6. The van der Waals surface area contributed by atoms with E-state index in [2.05, 4.69) is 115 Å². The Morgan fingerprint density at radius 1 is 0.525 bits per heavy atom. The van der Waals surface area contributed by atoms with Crippen LogP contribution in [0.2, 0.25) is 0 Å². The maximum Gasteiger partial charge on any atom is 0.270 e. The summed E-state index contributed by atoms with van der Waals surface area (Å²) in [5, 5.41) is 10.8. The van der Waals surface area contributed by atoms with Crippen molar-refractivity contribution >= 4 is 22.7 Å². The van der Waals surface area contributed by atoms with Crippen LogP contribution in [0.25, 0.3) is 4.85 Å². The van der Waals surface area contributed by atoms with Crippen LogP contribution in [-0.4, -0.2) is 0 Å². The van der Waals surface area contributed by atoms with Gasteiger partial charge in [-0.3, -0.25) is 4.90 Å². The van der Waals surface area contributed by atoms with Crippen molar-refractivity contribution in [3.05, 3.63) is 140 Å². The van der Waals surface area contributed by atoms with Gasteiger partial charge in [-0.2, -0.15) is 5.26 Å². The Morgan fingerprint density at radius 2 is 0.825 bits per heavy atom. The third kappa shape index (κ3) is 5.49. The highest BCUT2D eigenvalue weighted by molar-refractivity contribution is 5.78. The van der Waals surface area contributed by atoms with Gasteiger partial charge in [-0.15, -0.1) is 0 Å². The van der Waals surface area contributed by atoms with Gasteiger partial charge in [0.15, 0.2) is 0 Å². The van der Waals surface area contributed by atoms with Crippen LogP contribution in [0.5, 0.6) is 0 Å². The zero-order valence-corrected chi connectivity index (χ0v) is 24.7. The van der Waals surface area contributed by atoms with Crippen molar-refractivity contribution in [1.82, 2.24) is 0 Å². The molecule has 4 nitrogen and oxygen atoms in total. The molecule has 0 aromatic heterocycles. The molecule has 0 heterocycles. The van der Waals surface area contributed by atoms with Crippen LogP contribution in [0.3, 0.4) is 0 Å². The second kappa shape index (κ2) is 11.5. The molecule has 4 aromatic carbocycles. The standard InChI is InChI=1S/C36H36N4/c1-23-10-14-31(18-27(23)5)39(32-15-11-24(2)28(6)19-32)35(22-37)36(38-9)40(33-16-12-25(3)29(7)20-33)34-17-13-26(4)30(8)21-34/h10-21H,1-8H3/b36-35-. The SMILES string of the molecule is [C-]#[N+]/C(=C(\C#N)N(c1ccc(C)c(C)c1)c1ccc(C)c(C)c1)N(c1ccc(C)c(C)c1)c1ccc(C)c(C)c1. The molecule has 4 aromatic rings. The van der Waals surface area contributed by atoms with Crippen molar-refractivity contribution in [1.29, 1.82) is 5.26 Å². The monoisotopic (exact) mass is 524 g/mol. The molecule has 0 spiro atoms. The number of benzene rings is 4. The van der Waals surface area contributed by atoms with E-state index in [1.807, 2.05) is 34.1 Å². The van der Waals surface area contributed by atoms with Crippen molar-refractivity contribution in [2.75, 3.05) is 9.80 Å². The summed E-state index contributed by atoms with van der Waals surface area (Å²) in [7, 11) is 0. The quantitative estimate of drug-likeness (QED) is 0.186. The Kier molecular flexibility index (Phi) is 8.13. The first-order chi connectivity index (χ1) is 19.0. The molecule has 0 bridgehead atoms. The first kappa shape index (κ1) is 28.2. The fraction of sp³-hybridized carbons (Fsp3) is 0.222. The molecule has 0 radical (unpaired) electrons. The summed E-state index contributed by atoms with van der Waals surface area (Å²) in [6.45, 7) is 25.0. The maximum atomic E-state index is 10.8. The first-order valence-corrected chi connectivity index (χ1v) is 13.5. The lowest BCUT2D eigenvalue weighted by atomic mass is 10.0. The normalized spacial score (nSPS) is 11.3. The molecule has 0 saturated heterocycles. The second-order valence-corrected chi connectivity index (χ2v) is 10.6. The maximum absolute atomic E-state index is 10.8. The average Bonchev–Trinajstić information content (AvgIpc) is 2.93. The Bertz CT molecular complexity index is 1480. The molecule has 0 unspecified atom stereocenters. The third-order valence-corrected chi connectivity index (χ3v) is 7.85. The molecule has 40 heavy (non-hydrogen) atoms. The summed E-state index contributed by atoms with van der Waals surface area (Å²) < 4.78 is 0. The van der Waals surface area contributed by atoms with E-state index in [1.54, 1.807) is 0 Å². The predicted molar refractivity (Wildman–Crippen MR) is 167 cm³/mol. The van der Waals surface area contributed by atoms with Gasteiger partial charge in [0.05, 0.1) is 0 Å². The Hall–Kier alpha value is -4.80. The van der Waals surface area contributed by atoms with Crippen LogP contribution >= 0.6 is 0 Å².